The van der Waals surface area contributed by atoms with E-state index in [9.17, 15) is 20.4 Å². The summed E-state index contributed by atoms with van der Waals surface area (Å²) in [7, 11) is 1.48. The molecule has 0 saturated carbocycles. The van der Waals surface area contributed by atoms with E-state index in [1.165, 1.54) is 18.7 Å². The molecule has 4 aromatic carbocycles. The number of fused-ring (bicyclic) bond motifs is 5. The zero-order valence-electron chi connectivity index (χ0n) is 24.7. The van der Waals surface area contributed by atoms with Crippen LogP contribution in [-0.2, 0) is 12.8 Å². The van der Waals surface area contributed by atoms with E-state index in [0.29, 0.717) is 35.7 Å². The van der Waals surface area contributed by atoms with E-state index in [-0.39, 0.29) is 36.5 Å². The maximum absolute atomic E-state index is 11.5. The Labute approximate surface area is 259 Å². The van der Waals surface area contributed by atoms with Crippen molar-refractivity contribution in [1.82, 2.24) is 4.98 Å². The van der Waals surface area contributed by atoms with E-state index in [1.807, 2.05) is 24.4 Å². The number of phenols is 2. The molecule has 3 aliphatic rings. The minimum absolute atomic E-state index is 0.0107. The molecule has 0 unspecified atom stereocenters. The molecule has 228 valence electrons. The van der Waals surface area contributed by atoms with Gasteiger partial charge in [-0.1, -0.05) is 30.4 Å². The van der Waals surface area contributed by atoms with Crippen molar-refractivity contribution in [2.45, 2.75) is 36.9 Å². The Bertz CT molecular complexity index is 1990. The van der Waals surface area contributed by atoms with Gasteiger partial charge in [-0.15, -0.1) is 0 Å². The highest BCUT2D eigenvalue weighted by atomic mass is 16.5. The number of nitrogens with one attached hydrogen (secondary N) is 1. The Hall–Kier alpha value is -4.92. The van der Waals surface area contributed by atoms with Gasteiger partial charge >= 0.3 is 0 Å². The molecule has 0 radical (unpaired) electrons. The number of H-pyrrole nitrogens is 1. The molecule has 5 aromatic rings. The second kappa shape index (κ2) is 10.6. The molecular formula is C37H33NO7. The molecule has 1 aliphatic heterocycles. The maximum Gasteiger partial charge on any atom is 0.160 e. The summed E-state index contributed by atoms with van der Waals surface area (Å²) in [5.41, 5.74) is 8.68. The number of ether oxygens (including phenoxy) is 3. The predicted octanol–water partition coefficient (Wildman–Crippen LogP) is 6.11. The van der Waals surface area contributed by atoms with Crippen LogP contribution < -0.4 is 14.2 Å². The number of phenolic OH excluding ortho intramolecular Hbond substituents is 2. The average Bonchev–Trinajstić information content (AvgIpc) is 3.53. The van der Waals surface area contributed by atoms with Gasteiger partial charge in [-0.3, -0.25) is 0 Å². The van der Waals surface area contributed by atoms with Gasteiger partial charge in [0.25, 0.3) is 0 Å². The van der Waals surface area contributed by atoms with Gasteiger partial charge in [-0.05, 0) is 81.9 Å². The fourth-order valence-electron chi connectivity index (χ4n) is 7.54. The van der Waals surface area contributed by atoms with Crippen LogP contribution in [0.5, 0.6) is 28.7 Å². The number of hydrogen-bond acceptors (Lipinski definition) is 7. The lowest BCUT2D eigenvalue weighted by atomic mass is 9.65. The number of rotatable bonds is 6. The van der Waals surface area contributed by atoms with Crippen LogP contribution in [0.2, 0.25) is 0 Å². The molecule has 8 nitrogen and oxygen atoms in total. The first-order chi connectivity index (χ1) is 21.9. The first-order valence-corrected chi connectivity index (χ1v) is 15.2. The lowest BCUT2D eigenvalue weighted by molar-refractivity contribution is 0.0201. The normalized spacial score (nSPS) is 21.0. The summed E-state index contributed by atoms with van der Waals surface area (Å²) in [6, 6.07) is 19.1. The minimum atomic E-state index is -0.852. The van der Waals surface area contributed by atoms with Crippen molar-refractivity contribution in [3.05, 3.63) is 106 Å². The Morgan fingerprint density at radius 2 is 1.76 bits per heavy atom. The number of aliphatic hydroxyl groups excluding tert-OH is 2. The first-order valence-electron chi connectivity index (χ1n) is 15.2. The molecule has 5 N–H and O–H groups in total. The average molecular weight is 604 g/mol. The van der Waals surface area contributed by atoms with Crippen molar-refractivity contribution in [2.75, 3.05) is 20.3 Å². The molecule has 8 rings (SSSR count). The van der Waals surface area contributed by atoms with Crippen LogP contribution in [0.1, 0.15) is 51.3 Å². The second-order valence-corrected chi connectivity index (χ2v) is 12.0. The van der Waals surface area contributed by atoms with Gasteiger partial charge in [0.1, 0.15) is 30.0 Å². The van der Waals surface area contributed by atoms with Gasteiger partial charge in [-0.2, -0.15) is 0 Å². The van der Waals surface area contributed by atoms with Crippen molar-refractivity contribution in [2.24, 2.45) is 0 Å². The quantitative estimate of drug-likeness (QED) is 0.159. The number of hydrogen-bond donors (Lipinski definition) is 5. The number of methoxy groups -OCH3 is 1. The van der Waals surface area contributed by atoms with Crippen LogP contribution >= 0.6 is 0 Å². The van der Waals surface area contributed by atoms with Crippen LogP contribution in [0.25, 0.3) is 28.1 Å². The maximum atomic E-state index is 11.5. The molecule has 0 spiro atoms. The summed E-state index contributed by atoms with van der Waals surface area (Å²) >= 11 is 0. The van der Waals surface area contributed by atoms with Gasteiger partial charge in [0, 0.05) is 46.8 Å². The standard InChI is InChI=1S/C37H33NO7/c1-43-33-15-21(3-8-30(33)41)37-31(42)17-25-27-16-26-22(19-2-7-28-20(14-19)10-11-38-28)4-5-23-29(40)9-6-24(35(23)26)36(27)34(44-13-12-39)18-32(25)45-37/h2-11,14-15,18,22,26,31,37-42H,12-13,16-17H2,1H3/t22-,26-,31-,37-/m1/s1. The molecule has 0 amide bonds. The third-order valence-electron chi connectivity index (χ3n) is 9.56. The van der Waals surface area contributed by atoms with Crippen LogP contribution in [0.3, 0.4) is 0 Å². The van der Waals surface area contributed by atoms with Gasteiger partial charge in [-0.25, -0.2) is 0 Å². The van der Waals surface area contributed by atoms with Crippen LogP contribution in [0, 0.1) is 0 Å². The number of aromatic nitrogens is 1. The summed E-state index contributed by atoms with van der Waals surface area (Å²) in [6.07, 6.45) is 5.62. The smallest absolute Gasteiger partial charge is 0.160 e. The van der Waals surface area contributed by atoms with E-state index in [2.05, 4.69) is 35.3 Å². The summed E-state index contributed by atoms with van der Waals surface area (Å²) in [4.78, 5) is 3.28. The number of allylic oxidation sites excluding steroid dienone is 1. The van der Waals surface area contributed by atoms with Gasteiger partial charge < -0.3 is 39.6 Å². The molecule has 8 heteroatoms. The minimum Gasteiger partial charge on any atom is -0.507 e. The molecule has 2 heterocycles. The van der Waals surface area contributed by atoms with Crippen LogP contribution in [-0.4, -0.2) is 51.8 Å². The highest BCUT2D eigenvalue weighted by molar-refractivity contribution is 5.88. The monoisotopic (exact) mass is 603 g/mol. The second-order valence-electron chi connectivity index (χ2n) is 12.0. The molecule has 0 fully saturated rings. The number of benzene rings is 4. The lowest BCUT2D eigenvalue weighted by Gasteiger charge is -2.40. The molecule has 0 bridgehead atoms. The molecule has 4 atom stereocenters. The van der Waals surface area contributed by atoms with Gasteiger partial charge in [0.05, 0.1) is 19.8 Å². The highest BCUT2D eigenvalue weighted by Crippen LogP contribution is 2.57. The van der Waals surface area contributed by atoms with Crippen molar-refractivity contribution in [1.29, 1.82) is 0 Å². The number of aromatic amines is 1. The first kappa shape index (κ1) is 27.6. The van der Waals surface area contributed by atoms with E-state index in [4.69, 9.17) is 14.2 Å². The fourth-order valence-corrected chi connectivity index (χ4v) is 7.54. The summed E-state index contributed by atoms with van der Waals surface area (Å²) in [6.45, 7) is -0.0422. The zero-order chi connectivity index (χ0) is 30.8. The largest absolute Gasteiger partial charge is 0.507 e. The summed E-state index contributed by atoms with van der Waals surface area (Å²) in [5.74, 6) is 1.82. The Morgan fingerprint density at radius 3 is 2.60 bits per heavy atom. The molecule has 45 heavy (non-hydrogen) atoms. The fraction of sp³-hybridized carbons (Fsp3) is 0.243. The lowest BCUT2D eigenvalue weighted by Crippen LogP contribution is -2.32. The predicted molar refractivity (Wildman–Crippen MR) is 170 cm³/mol. The SMILES string of the molecule is COc1cc([C@H]2Oc3cc(OCCO)c4c(c3C[C@H]2O)C[C@H]2c3c-4ccc(O)c3C=C[C@@H]2c2ccc3[nH]ccc3c2)ccc1O. The van der Waals surface area contributed by atoms with Crippen molar-refractivity contribution in [3.63, 3.8) is 0 Å². The van der Waals surface area contributed by atoms with Crippen molar-refractivity contribution < 1.29 is 34.6 Å². The molecule has 1 aromatic heterocycles. The van der Waals surface area contributed by atoms with Crippen molar-refractivity contribution in [3.8, 4) is 39.9 Å². The Morgan fingerprint density at radius 1 is 0.911 bits per heavy atom. The topological polar surface area (TPSA) is 124 Å². The summed E-state index contributed by atoms with van der Waals surface area (Å²) in [5, 5.41) is 43.4. The van der Waals surface area contributed by atoms with E-state index in [0.717, 1.165) is 44.3 Å². The van der Waals surface area contributed by atoms with E-state index < -0.39 is 12.2 Å². The molecule has 2 aliphatic carbocycles. The van der Waals surface area contributed by atoms with E-state index in [1.54, 1.807) is 18.2 Å². The third-order valence-corrected chi connectivity index (χ3v) is 9.56. The highest BCUT2D eigenvalue weighted by Gasteiger charge is 2.41. The van der Waals surface area contributed by atoms with Crippen LogP contribution in [0.4, 0.5) is 0 Å². The van der Waals surface area contributed by atoms with Crippen LogP contribution in [0.15, 0.2) is 72.9 Å². The third kappa shape index (κ3) is 4.35. The van der Waals surface area contributed by atoms with Gasteiger partial charge in [0.2, 0.25) is 0 Å². The molecular weight excluding hydrogens is 570 g/mol. The van der Waals surface area contributed by atoms with Crippen molar-refractivity contribution >= 4 is 17.0 Å². The van der Waals surface area contributed by atoms with Gasteiger partial charge in [0.15, 0.2) is 11.5 Å². The Balaban J connectivity index is 1.28. The zero-order valence-corrected chi connectivity index (χ0v) is 24.7. The Kier molecular flexibility index (Phi) is 6.51. The number of aromatic hydroxyl groups is 2. The molecule has 0 saturated heterocycles. The number of aliphatic hydroxyl groups is 2. The summed E-state index contributed by atoms with van der Waals surface area (Å²) < 4.78 is 18.0. The van der Waals surface area contributed by atoms with E-state index >= 15 is 0 Å².